The molecule has 1 aromatic rings. The molecule has 0 aromatic heterocycles. The van der Waals surface area contributed by atoms with E-state index in [1.54, 1.807) is 4.90 Å². The number of carbonyl (C=O) groups excluding carboxylic acids is 3. The fourth-order valence-corrected chi connectivity index (χ4v) is 5.45. The van der Waals surface area contributed by atoms with Crippen LogP contribution in [0, 0.1) is 11.8 Å². The lowest BCUT2D eigenvalue weighted by molar-refractivity contribution is -0.136. The molecule has 2 bridgehead atoms. The molecule has 28 heavy (non-hydrogen) atoms. The number of carbonyl (C=O) groups is 3. The van der Waals surface area contributed by atoms with Crippen LogP contribution in [0.3, 0.4) is 0 Å². The van der Waals surface area contributed by atoms with Crippen molar-refractivity contribution < 1.29 is 14.4 Å². The highest BCUT2D eigenvalue weighted by Gasteiger charge is 2.41. The molecule has 1 aromatic carbocycles. The lowest BCUT2D eigenvalue weighted by Crippen LogP contribution is -2.52. The van der Waals surface area contributed by atoms with Gasteiger partial charge in [0.1, 0.15) is 6.04 Å². The van der Waals surface area contributed by atoms with Crippen LogP contribution in [0.25, 0.3) is 0 Å². The zero-order chi connectivity index (χ0) is 19.4. The van der Waals surface area contributed by atoms with Gasteiger partial charge in [0.2, 0.25) is 11.8 Å². The van der Waals surface area contributed by atoms with E-state index in [4.69, 9.17) is 5.73 Å². The van der Waals surface area contributed by atoms with E-state index in [-0.39, 0.29) is 24.1 Å². The Morgan fingerprint density at radius 2 is 1.82 bits per heavy atom. The third kappa shape index (κ3) is 2.93. The second-order valence-corrected chi connectivity index (χ2v) is 8.76. The van der Waals surface area contributed by atoms with Crippen molar-refractivity contribution >= 4 is 17.7 Å². The monoisotopic (exact) mass is 382 g/mol. The lowest BCUT2D eigenvalue weighted by Gasteiger charge is -2.36. The molecule has 3 aliphatic heterocycles. The smallest absolute Gasteiger partial charge is 0.255 e. The van der Waals surface area contributed by atoms with Gasteiger partial charge in [-0.05, 0) is 48.3 Å². The lowest BCUT2D eigenvalue weighted by atomic mass is 9.92. The van der Waals surface area contributed by atoms with Crippen LogP contribution in [-0.2, 0) is 22.7 Å². The van der Waals surface area contributed by atoms with Gasteiger partial charge in [-0.3, -0.25) is 24.6 Å². The summed E-state index contributed by atoms with van der Waals surface area (Å²) in [4.78, 5) is 40.6. The van der Waals surface area contributed by atoms with E-state index < -0.39 is 6.04 Å². The number of nitrogens with zero attached hydrogens (tertiary/aromatic N) is 2. The van der Waals surface area contributed by atoms with Crippen molar-refractivity contribution in [1.82, 2.24) is 15.1 Å². The topological polar surface area (TPSA) is 95.7 Å². The maximum Gasteiger partial charge on any atom is 0.255 e. The van der Waals surface area contributed by atoms with E-state index >= 15 is 0 Å². The van der Waals surface area contributed by atoms with Gasteiger partial charge < -0.3 is 10.6 Å². The molecule has 2 saturated heterocycles. The summed E-state index contributed by atoms with van der Waals surface area (Å²) < 4.78 is 0. The molecule has 7 heteroatoms. The normalized spacial score (nSPS) is 32.6. The van der Waals surface area contributed by atoms with Crippen molar-refractivity contribution in [3.63, 3.8) is 0 Å². The molecular weight excluding hydrogens is 356 g/mol. The van der Waals surface area contributed by atoms with Crippen molar-refractivity contribution in [2.45, 2.75) is 50.9 Å². The number of imide groups is 1. The predicted molar refractivity (Wildman–Crippen MR) is 102 cm³/mol. The molecule has 3 unspecified atom stereocenters. The maximum absolute atomic E-state index is 13.0. The van der Waals surface area contributed by atoms with E-state index in [2.05, 4.69) is 16.3 Å². The van der Waals surface area contributed by atoms with E-state index in [9.17, 15) is 14.4 Å². The summed E-state index contributed by atoms with van der Waals surface area (Å²) in [6.45, 7) is 3.33. The van der Waals surface area contributed by atoms with Gasteiger partial charge in [0.25, 0.3) is 5.91 Å². The van der Waals surface area contributed by atoms with Gasteiger partial charge in [-0.1, -0.05) is 12.1 Å². The molecule has 3 heterocycles. The number of piperidine rings is 2. The van der Waals surface area contributed by atoms with Crippen LogP contribution in [0.5, 0.6) is 0 Å². The van der Waals surface area contributed by atoms with Crippen molar-refractivity contribution in [1.29, 1.82) is 0 Å². The Hall–Kier alpha value is -2.25. The van der Waals surface area contributed by atoms with E-state index in [1.165, 1.54) is 12.8 Å². The second kappa shape index (κ2) is 6.67. The van der Waals surface area contributed by atoms with Gasteiger partial charge in [0, 0.05) is 44.2 Å². The Labute approximate surface area is 164 Å². The van der Waals surface area contributed by atoms with E-state index in [1.807, 2.05) is 12.1 Å². The third-order valence-corrected chi connectivity index (χ3v) is 6.98. The van der Waals surface area contributed by atoms with Gasteiger partial charge in [-0.25, -0.2) is 0 Å². The molecule has 5 rings (SSSR count). The predicted octanol–water partition coefficient (Wildman–Crippen LogP) is 0.617. The molecule has 3 amide bonds. The van der Waals surface area contributed by atoms with Crippen LogP contribution in [-0.4, -0.2) is 52.7 Å². The molecule has 3 N–H and O–H groups in total. The zero-order valence-corrected chi connectivity index (χ0v) is 15.9. The number of rotatable bonds is 3. The third-order valence-electron chi connectivity index (χ3n) is 6.98. The minimum Gasteiger partial charge on any atom is -0.327 e. The highest BCUT2D eigenvalue weighted by Crippen LogP contribution is 2.36. The fraction of sp³-hybridized carbons (Fsp3) is 0.571. The van der Waals surface area contributed by atoms with Crippen LogP contribution in [0.4, 0.5) is 0 Å². The Kier molecular flexibility index (Phi) is 4.25. The van der Waals surface area contributed by atoms with Crippen molar-refractivity contribution in [2.75, 3.05) is 13.1 Å². The average Bonchev–Trinajstić information content (AvgIpc) is 3.07. The standard InChI is InChI=1S/C21H26N4O3/c22-19-14-3-4-15(19)10-24(9-14)8-12-1-2-13-11-25(21(28)16(13)7-12)17-5-6-18(26)23-20(17)27/h1-2,7,14-15,17,19H,3-6,8-11,22H2,(H,23,26,27). The van der Waals surface area contributed by atoms with Crippen LogP contribution >= 0.6 is 0 Å². The molecule has 4 aliphatic rings. The summed E-state index contributed by atoms with van der Waals surface area (Å²) in [5, 5.41) is 2.35. The molecule has 0 radical (unpaired) electrons. The number of hydrogen-bond acceptors (Lipinski definition) is 5. The molecular formula is C21H26N4O3. The SMILES string of the molecule is NC1C2CCC1CN(Cc1ccc3c(c1)C(=O)N(C1CCC(=O)NC1=O)C3)C2. The zero-order valence-electron chi connectivity index (χ0n) is 15.9. The van der Waals surface area contributed by atoms with Crippen molar-refractivity contribution in [3.8, 4) is 0 Å². The molecule has 1 saturated carbocycles. The molecule has 3 fully saturated rings. The fourth-order valence-electron chi connectivity index (χ4n) is 5.45. The summed E-state index contributed by atoms with van der Waals surface area (Å²) in [5.74, 6) is 0.461. The first-order valence-electron chi connectivity index (χ1n) is 10.2. The first-order chi connectivity index (χ1) is 13.5. The number of nitrogens with one attached hydrogen (secondary N) is 1. The number of benzene rings is 1. The van der Waals surface area contributed by atoms with E-state index in [0.717, 1.165) is 30.8 Å². The Morgan fingerprint density at radius 1 is 1.07 bits per heavy atom. The van der Waals surface area contributed by atoms with Gasteiger partial charge >= 0.3 is 0 Å². The minimum absolute atomic E-state index is 0.105. The number of fused-ring (bicyclic) bond motifs is 3. The van der Waals surface area contributed by atoms with Gasteiger partial charge in [0.15, 0.2) is 0 Å². The molecule has 3 atom stereocenters. The highest BCUT2D eigenvalue weighted by molar-refractivity contribution is 6.05. The summed E-state index contributed by atoms with van der Waals surface area (Å²) in [7, 11) is 0. The Morgan fingerprint density at radius 3 is 2.54 bits per heavy atom. The van der Waals surface area contributed by atoms with Crippen LogP contribution in [0.1, 0.15) is 47.2 Å². The first kappa shape index (κ1) is 17.8. The first-order valence-corrected chi connectivity index (χ1v) is 10.2. The van der Waals surface area contributed by atoms with Crippen LogP contribution in [0.15, 0.2) is 18.2 Å². The summed E-state index contributed by atoms with van der Waals surface area (Å²) in [6, 6.07) is 5.88. The van der Waals surface area contributed by atoms with E-state index in [0.29, 0.717) is 36.4 Å². The van der Waals surface area contributed by atoms with Crippen LogP contribution in [0.2, 0.25) is 0 Å². The van der Waals surface area contributed by atoms with Crippen molar-refractivity contribution in [3.05, 3.63) is 34.9 Å². The van der Waals surface area contributed by atoms with Gasteiger partial charge in [-0.15, -0.1) is 0 Å². The Bertz CT molecular complexity index is 840. The van der Waals surface area contributed by atoms with Crippen LogP contribution < -0.4 is 11.1 Å². The van der Waals surface area contributed by atoms with Gasteiger partial charge in [0.05, 0.1) is 0 Å². The van der Waals surface area contributed by atoms with Crippen molar-refractivity contribution in [2.24, 2.45) is 17.6 Å². The number of nitrogens with two attached hydrogens (primary N) is 1. The molecule has 1 aliphatic carbocycles. The number of hydrogen-bond donors (Lipinski definition) is 2. The summed E-state index contributed by atoms with van der Waals surface area (Å²) >= 11 is 0. The Balaban J connectivity index is 1.30. The highest BCUT2D eigenvalue weighted by atomic mass is 16.2. The summed E-state index contributed by atoms with van der Waals surface area (Å²) in [5.41, 5.74) is 9.09. The maximum atomic E-state index is 13.0. The number of amides is 3. The minimum atomic E-state index is -0.555. The number of likely N-dealkylation sites (tertiary alicyclic amines) is 1. The van der Waals surface area contributed by atoms with Gasteiger partial charge in [-0.2, -0.15) is 0 Å². The second-order valence-electron chi connectivity index (χ2n) is 8.76. The molecule has 0 spiro atoms. The summed E-state index contributed by atoms with van der Waals surface area (Å²) in [6.07, 6.45) is 3.13. The average molecular weight is 382 g/mol. The largest absolute Gasteiger partial charge is 0.327 e. The quantitative estimate of drug-likeness (QED) is 0.747. The molecule has 148 valence electrons. The molecule has 7 nitrogen and oxygen atoms in total.